The van der Waals surface area contributed by atoms with Gasteiger partial charge in [0, 0.05) is 4.11 Å². The van der Waals surface area contributed by atoms with Crippen molar-refractivity contribution in [1.29, 1.82) is 0 Å². The molecule has 0 aliphatic heterocycles. The normalized spacial score (nSPS) is 18.2. The molecule has 14 heavy (non-hydrogen) atoms. The minimum Gasteiger partial charge on any atom is -0.0985 e. The van der Waals surface area contributed by atoms with Gasteiger partial charge in [-0.15, -0.1) is 0 Å². The predicted molar refractivity (Wildman–Crippen MR) is 66.3 cm³/mol. The van der Waals surface area contributed by atoms with Gasteiger partial charge >= 0.3 is 0 Å². The highest BCUT2D eigenvalue weighted by Crippen LogP contribution is 2.19. The Balaban J connectivity index is 4.49. The first-order valence-corrected chi connectivity index (χ1v) is 4.82. The molecule has 0 amide bonds. The standard InChI is InChI=1S/C14H22/c1-6-8-10-13(7-2)11-9-12-14(3,4)5/h6-11H,2,12H2,1,3-5H3/b8-6+,11-9+,13-10+/i1D3. The Morgan fingerprint density at radius 2 is 2.14 bits per heavy atom. The van der Waals surface area contributed by atoms with E-state index in [9.17, 15) is 0 Å². The quantitative estimate of drug-likeness (QED) is 0.569. The summed E-state index contributed by atoms with van der Waals surface area (Å²) in [6.07, 6.45) is 11.2. The lowest BCUT2D eigenvalue weighted by Gasteiger charge is -2.14. The maximum Gasteiger partial charge on any atom is 0.0273 e. The average Bonchev–Trinajstić information content (AvgIpc) is 2.11. The molecule has 0 aromatic heterocycles. The third-order valence-corrected chi connectivity index (χ3v) is 1.66. The van der Waals surface area contributed by atoms with Gasteiger partial charge < -0.3 is 0 Å². The Morgan fingerprint density at radius 3 is 2.64 bits per heavy atom. The molecule has 0 aromatic rings. The first kappa shape index (κ1) is 8.28. The van der Waals surface area contributed by atoms with E-state index in [4.69, 9.17) is 4.11 Å². The summed E-state index contributed by atoms with van der Waals surface area (Å²) in [5, 5.41) is 0. The van der Waals surface area contributed by atoms with Crippen molar-refractivity contribution in [1.82, 2.24) is 0 Å². The predicted octanol–water partition coefficient (Wildman–Crippen LogP) is 4.67. The van der Waals surface area contributed by atoms with E-state index in [0.29, 0.717) is 0 Å². The van der Waals surface area contributed by atoms with Crippen LogP contribution in [0.15, 0.2) is 48.6 Å². The third kappa shape index (κ3) is 7.60. The number of hydrogen-bond acceptors (Lipinski definition) is 0. The van der Waals surface area contributed by atoms with E-state index in [0.717, 1.165) is 12.0 Å². The van der Waals surface area contributed by atoms with Gasteiger partial charge in [-0.3, -0.25) is 0 Å². The Labute approximate surface area is 92.9 Å². The van der Waals surface area contributed by atoms with Crippen LogP contribution < -0.4 is 0 Å². The molecule has 0 rings (SSSR count). The van der Waals surface area contributed by atoms with Crippen molar-refractivity contribution < 1.29 is 4.11 Å². The van der Waals surface area contributed by atoms with Crippen LogP contribution in [0.3, 0.4) is 0 Å². The molecular weight excluding hydrogens is 168 g/mol. The number of hydrogen-bond donors (Lipinski definition) is 0. The molecule has 0 saturated carbocycles. The average molecular weight is 193 g/mol. The van der Waals surface area contributed by atoms with E-state index in [1.807, 2.05) is 6.08 Å². The first-order valence-electron chi connectivity index (χ1n) is 6.32. The molecule has 0 heterocycles. The van der Waals surface area contributed by atoms with Gasteiger partial charge in [0.2, 0.25) is 0 Å². The number of allylic oxidation sites excluding steroid dienone is 7. The molecule has 0 fully saturated rings. The fourth-order valence-corrected chi connectivity index (χ4v) is 0.899. The second-order valence-electron chi connectivity index (χ2n) is 4.40. The fourth-order valence-electron chi connectivity index (χ4n) is 0.899. The maximum absolute atomic E-state index is 7.03. The Hall–Kier alpha value is -1.04. The zero-order chi connectivity index (χ0) is 13.5. The van der Waals surface area contributed by atoms with Crippen molar-refractivity contribution in [3.05, 3.63) is 48.6 Å². The molecule has 0 aliphatic rings. The molecule has 0 spiro atoms. The van der Waals surface area contributed by atoms with Gasteiger partial charge in [0.25, 0.3) is 0 Å². The van der Waals surface area contributed by atoms with Crippen molar-refractivity contribution in [2.24, 2.45) is 5.41 Å². The summed E-state index contributed by atoms with van der Waals surface area (Å²) in [6.45, 7) is 8.19. The molecule has 0 atom stereocenters. The van der Waals surface area contributed by atoms with Crippen molar-refractivity contribution in [3.8, 4) is 0 Å². The molecule has 0 nitrogen and oxygen atoms in total. The highest BCUT2D eigenvalue weighted by atomic mass is 14.1. The lowest BCUT2D eigenvalue weighted by Crippen LogP contribution is -2.01. The Bertz CT molecular complexity index is 322. The van der Waals surface area contributed by atoms with Gasteiger partial charge in [-0.2, -0.15) is 0 Å². The van der Waals surface area contributed by atoms with E-state index in [2.05, 4.69) is 33.4 Å². The van der Waals surface area contributed by atoms with Gasteiger partial charge in [0.15, 0.2) is 0 Å². The molecule has 0 aromatic carbocycles. The van der Waals surface area contributed by atoms with Gasteiger partial charge in [-0.05, 0) is 24.3 Å². The summed E-state index contributed by atoms with van der Waals surface area (Å²) >= 11 is 0. The van der Waals surface area contributed by atoms with Crippen LogP contribution in [0.4, 0.5) is 0 Å². The molecule has 0 unspecified atom stereocenters. The van der Waals surface area contributed by atoms with E-state index >= 15 is 0 Å². The van der Waals surface area contributed by atoms with Crippen molar-refractivity contribution >= 4 is 0 Å². The van der Waals surface area contributed by atoms with E-state index < -0.39 is 6.85 Å². The van der Waals surface area contributed by atoms with Crippen LogP contribution in [0.2, 0.25) is 0 Å². The highest BCUT2D eigenvalue weighted by molar-refractivity contribution is 5.32. The van der Waals surface area contributed by atoms with Gasteiger partial charge in [-0.1, -0.05) is 63.8 Å². The highest BCUT2D eigenvalue weighted by Gasteiger charge is 2.05. The van der Waals surface area contributed by atoms with E-state index in [1.54, 1.807) is 18.2 Å². The second kappa shape index (κ2) is 6.42. The van der Waals surface area contributed by atoms with Gasteiger partial charge in [0.1, 0.15) is 0 Å². The Kier molecular flexibility index (Phi) is 3.80. The van der Waals surface area contributed by atoms with Crippen molar-refractivity contribution in [2.75, 3.05) is 0 Å². The molecule has 0 N–H and O–H groups in total. The monoisotopic (exact) mass is 193 g/mol. The molecule has 0 saturated heterocycles. The first-order chi connectivity index (χ1) is 7.64. The smallest absolute Gasteiger partial charge is 0.0273 e. The summed E-state index contributed by atoms with van der Waals surface area (Å²) in [4.78, 5) is 0. The van der Waals surface area contributed by atoms with Crippen LogP contribution in [-0.4, -0.2) is 0 Å². The van der Waals surface area contributed by atoms with E-state index in [1.165, 1.54) is 6.08 Å². The van der Waals surface area contributed by atoms with Crippen LogP contribution in [0.1, 0.15) is 38.2 Å². The molecular formula is C14H22. The topological polar surface area (TPSA) is 0 Å². The summed E-state index contributed by atoms with van der Waals surface area (Å²) in [6, 6.07) is 0. The second-order valence-corrected chi connectivity index (χ2v) is 4.40. The van der Waals surface area contributed by atoms with Crippen molar-refractivity contribution in [3.63, 3.8) is 0 Å². The SMILES string of the molecule is [2H]C([2H])([2H])/C=C/C=C(C=C)/C=C/CC(C)(C)C. The Morgan fingerprint density at radius 1 is 1.43 bits per heavy atom. The maximum atomic E-state index is 7.03. The van der Waals surface area contributed by atoms with Crippen LogP contribution in [0.25, 0.3) is 0 Å². The van der Waals surface area contributed by atoms with Gasteiger partial charge in [0.05, 0.1) is 0 Å². The van der Waals surface area contributed by atoms with Gasteiger partial charge in [-0.25, -0.2) is 0 Å². The zero-order valence-corrected chi connectivity index (χ0v) is 9.38. The molecule has 0 aliphatic carbocycles. The van der Waals surface area contributed by atoms with Crippen LogP contribution in [0, 0.1) is 5.41 Å². The molecule has 0 heteroatoms. The van der Waals surface area contributed by atoms with Crippen LogP contribution >= 0.6 is 0 Å². The summed E-state index contributed by atoms with van der Waals surface area (Å²) in [5.74, 6) is 0. The minimum absolute atomic E-state index is 0.261. The molecule has 0 radical (unpaired) electrons. The summed E-state index contributed by atoms with van der Waals surface area (Å²) in [5.41, 5.74) is 1.17. The van der Waals surface area contributed by atoms with Crippen molar-refractivity contribution in [2.45, 2.75) is 34.0 Å². The van der Waals surface area contributed by atoms with Crippen LogP contribution in [0.5, 0.6) is 0 Å². The molecule has 0 bridgehead atoms. The van der Waals surface area contributed by atoms with Crippen LogP contribution in [-0.2, 0) is 0 Å². The minimum atomic E-state index is -2.02. The van der Waals surface area contributed by atoms with E-state index in [-0.39, 0.29) is 5.41 Å². The third-order valence-electron chi connectivity index (χ3n) is 1.66. The summed E-state index contributed by atoms with van der Waals surface area (Å²) in [7, 11) is 0. The largest absolute Gasteiger partial charge is 0.0985 e. The fraction of sp³-hybridized carbons (Fsp3) is 0.429. The lowest BCUT2D eigenvalue weighted by molar-refractivity contribution is 0.420. The zero-order valence-electron chi connectivity index (χ0n) is 12.4. The number of rotatable bonds is 4. The lowest BCUT2D eigenvalue weighted by atomic mass is 9.92. The summed E-state index contributed by atoms with van der Waals surface area (Å²) < 4.78 is 21.1. The molecule has 78 valence electrons.